The summed E-state index contributed by atoms with van der Waals surface area (Å²) in [6, 6.07) is 1.99. The number of carbonyl (C=O) groups is 1. The number of rotatable bonds is 5. The third-order valence-corrected chi connectivity index (χ3v) is 4.32. The van der Waals surface area contributed by atoms with Crippen molar-refractivity contribution in [3.05, 3.63) is 18.0 Å². The van der Waals surface area contributed by atoms with Gasteiger partial charge in [-0.05, 0) is 31.7 Å². The van der Waals surface area contributed by atoms with Crippen LogP contribution in [0.15, 0.2) is 17.3 Å². The van der Waals surface area contributed by atoms with Gasteiger partial charge in [-0.1, -0.05) is 0 Å². The van der Waals surface area contributed by atoms with Crippen molar-refractivity contribution in [2.24, 2.45) is 18.0 Å². The molecule has 2 N–H and O–H groups in total. The summed E-state index contributed by atoms with van der Waals surface area (Å²) >= 11 is 0. The molecule has 7 heteroatoms. The molecule has 0 spiro atoms. The van der Waals surface area contributed by atoms with Gasteiger partial charge < -0.3 is 15.5 Å². The average Bonchev–Trinajstić information content (AvgIpc) is 2.97. The zero-order valence-electron chi connectivity index (χ0n) is 14.4. The van der Waals surface area contributed by atoms with Crippen molar-refractivity contribution in [3.8, 4) is 0 Å². The van der Waals surface area contributed by atoms with Crippen LogP contribution in [-0.2, 0) is 18.4 Å². The second-order valence-electron chi connectivity index (χ2n) is 5.92. The van der Waals surface area contributed by atoms with Crippen LogP contribution in [-0.4, -0.2) is 53.2 Å². The first kappa shape index (κ1) is 17.3. The highest BCUT2D eigenvalue weighted by Crippen LogP contribution is 2.20. The maximum absolute atomic E-state index is 11.5. The summed E-state index contributed by atoms with van der Waals surface area (Å²) in [7, 11) is 3.63. The van der Waals surface area contributed by atoms with Gasteiger partial charge in [0, 0.05) is 46.3 Å². The summed E-state index contributed by atoms with van der Waals surface area (Å²) in [5.41, 5.74) is 1.09. The first-order valence-corrected chi connectivity index (χ1v) is 8.34. The molecule has 0 saturated carbocycles. The van der Waals surface area contributed by atoms with Crippen LogP contribution >= 0.6 is 0 Å². The molecule has 0 aliphatic carbocycles. The lowest BCUT2D eigenvalue weighted by molar-refractivity contribution is -0.121. The fourth-order valence-corrected chi connectivity index (χ4v) is 2.85. The van der Waals surface area contributed by atoms with Crippen molar-refractivity contribution in [2.45, 2.75) is 32.7 Å². The van der Waals surface area contributed by atoms with Gasteiger partial charge in [0.05, 0.1) is 12.2 Å². The van der Waals surface area contributed by atoms with Crippen molar-refractivity contribution in [1.29, 1.82) is 0 Å². The molecule has 23 heavy (non-hydrogen) atoms. The van der Waals surface area contributed by atoms with E-state index < -0.39 is 0 Å². The van der Waals surface area contributed by atoms with Crippen molar-refractivity contribution >= 4 is 11.9 Å². The normalized spacial score (nSPS) is 16.5. The molecule has 128 valence electrons. The first-order chi connectivity index (χ1) is 11.1. The van der Waals surface area contributed by atoms with Crippen LogP contribution < -0.4 is 10.6 Å². The minimum atomic E-state index is 0.139. The number of guanidine groups is 1. The highest BCUT2D eigenvalue weighted by molar-refractivity contribution is 5.80. The molecule has 0 atom stereocenters. The summed E-state index contributed by atoms with van der Waals surface area (Å²) in [4.78, 5) is 18.5. The highest BCUT2D eigenvalue weighted by atomic mass is 16.1. The van der Waals surface area contributed by atoms with Gasteiger partial charge in [-0.15, -0.1) is 0 Å². The second-order valence-corrected chi connectivity index (χ2v) is 5.92. The number of amides is 1. The predicted molar refractivity (Wildman–Crippen MR) is 91.0 cm³/mol. The van der Waals surface area contributed by atoms with Crippen LogP contribution in [0.2, 0.25) is 0 Å². The van der Waals surface area contributed by atoms with E-state index in [4.69, 9.17) is 4.99 Å². The molecule has 1 aromatic rings. The quantitative estimate of drug-likeness (QED) is 0.620. The lowest BCUT2D eigenvalue weighted by Gasteiger charge is -2.34. The van der Waals surface area contributed by atoms with Gasteiger partial charge >= 0.3 is 0 Å². The molecule has 1 saturated heterocycles. The Bertz CT molecular complexity index is 530. The van der Waals surface area contributed by atoms with Crippen LogP contribution in [0.25, 0.3) is 0 Å². The van der Waals surface area contributed by atoms with Crippen molar-refractivity contribution < 1.29 is 4.79 Å². The van der Waals surface area contributed by atoms with E-state index in [1.54, 1.807) is 13.2 Å². The van der Waals surface area contributed by atoms with Gasteiger partial charge in [-0.2, -0.15) is 5.10 Å². The molecule has 2 rings (SSSR count). The molecule has 1 fully saturated rings. The van der Waals surface area contributed by atoms with Crippen molar-refractivity contribution in [1.82, 2.24) is 25.3 Å². The number of hydrogen-bond donors (Lipinski definition) is 2. The summed E-state index contributed by atoms with van der Waals surface area (Å²) in [6.07, 6.45) is 4.49. The van der Waals surface area contributed by atoms with Crippen LogP contribution in [0.4, 0.5) is 0 Å². The van der Waals surface area contributed by atoms with E-state index in [1.807, 2.05) is 17.8 Å². The minimum Gasteiger partial charge on any atom is -0.359 e. The van der Waals surface area contributed by atoms with E-state index in [0.717, 1.165) is 44.1 Å². The van der Waals surface area contributed by atoms with E-state index in [9.17, 15) is 4.79 Å². The first-order valence-electron chi connectivity index (χ1n) is 8.34. The number of nitrogens with zero attached hydrogens (tertiary/aromatic N) is 4. The van der Waals surface area contributed by atoms with E-state index in [1.165, 1.54) is 0 Å². The number of nitrogens with one attached hydrogen (secondary N) is 2. The van der Waals surface area contributed by atoms with Gasteiger partial charge in [0.15, 0.2) is 5.96 Å². The Balaban J connectivity index is 1.91. The van der Waals surface area contributed by atoms with Crippen molar-refractivity contribution in [3.63, 3.8) is 0 Å². The monoisotopic (exact) mass is 320 g/mol. The Morgan fingerprint density at radius 3 is 2.74 bits per heavy atom. The molecule has 7 nitrogen and oxygen atoms in total. The summed E-state index contributed by atoms with van der Waals surface area (Å²) in [5, 5.41) is 10.3. The molecular weight excluding hydrogens is 292 g/mol. The topological polar surface area (TPSA) is 74.5 Å². The number of aliphatic imine (C=N–C) groups is 1. The molecule has 1 aliphatic rings. The molecule has 1 aromatic heterocycles. The number of piperidine rings is 1. The number of hydrogen-bond acceptors (Lipinski definition) is 3. The highest BCUT2D eigenvalue weighted by Gasteiger charge is 2.23. The van der Waals surface area contributed by atoms with E-state index in [-0.39, 0.29) is 5.91 Å². The average molecular weight is 320 g/mol. The Labute approximate surface area is 138 Å². The zero-order chi connectivity index (χ0) is 16.7. The minimum absolute atomic E-state index is 0.139. The Morgan fingerprint density at radius 2 is 2.17 bits per heavy atom. The zero-order valence-corrected chi connectivity index (χ0v) is 14.4. The summed E-state index contributed by atoms with van der Waals surface area (Å²) < 4.78 is 1.85. The van der Waals surface area contributed by atoms with Crippen LogP contribution in [0.3, 0.4) is 0 Å². The van der Waals surface area contributed by atoms with E-state index in [0.29, 0.717) is 18.9 Å². The summed E-state index contributed by atoms with van der Waals surface area (Å²) in [6.45, 7) is 5.44. The summed E-state index contributed by atoms with van der Waals surface area (Å²) in [5.74, 6) is 1.57. The molecule has 1 aliphatic heterocycles. The Hall–Kier alpha value is -2.05. The Kier molecular flexibility index (Phi) is 6.43. The number of aryl methyl sites for hydroxylation is 1. The number of aromatic nitrogens is 2. The molecule has 1 amide bonds. The molecular formula is C16H28N6O. The van der Waals surface area contributed by atoms with Gasteiger partial charge in [0.25, 0.3) is 0 Å². The fraction of sp³-hybridized carbons (Fsp3) is 0.688. The maximum Gasteiger partial charge on any atom is 0.220 e. The standard InChI is InChI=1S/C16H28N6O/c1-4-18-16(19-12-14-5-8-20-21(14)3)22-9-6-13(7-10-22)11-15(23)17-2/h5,8,13H,4,6-7,9-12H2,1-3H3,(H,17,23)(H,18,19). The molecule has 0 radical (unpaired) electrons. The SMILES string of the molecule is CCNC(=NCc1ccnn1C)N1CCC(CC(=O)NC)CC1. The van der Waals surface area contributed by atoms with Crippen molar-refractivity contribution in [2.75, 3.05) is 26.7 Å². The lowest BCUT2D eigenvalue weighted by atomic mass is 9.93. The molecule has 0 bridgehead atoms. The predicted octanol–water partition coefficient (Wildman–Crippen LogP) is 0.734. The van der Waals surface area contributed by atoms with Gasteiger partial charge in [-0.25, -0.2) is 4.99 Å². The second kappa shape index (κ2) is 8.55. The molecule has 0 aromatic carbocycles. The number of carbonyl (C=O) groups excluding carboxylic acids is 1. The van der Waals surface area contributed by atoms with Gasteiger partial charge in [0.2, 0.25) is 5.91 Å². The fourth-order valence-electron chi connectivity index (χ4n) is 2.85. The molecule has 0 unspecified atom stereocenters. The van der Waals surface area contributed by atoms with Crippen LogP contribution in [0.1, 0.15) is 31.9 Å². The van der Waals surface area contributed by atoms with E-state index >= 15 is 0 Å². The van der Waals surface area contributed by atoms with Gasteiger partial charge in [-0.3, -0.25) is 9.48 Å². The van der Waals surface area contributed by atoms with Crippen LogP contribution in [0, 0.1) is 5.92 Å². The van der Waals surface area contributed by atoms with E-state index in [2.05, 4.69) is 27.6 Å². The van der Waals surface area contributed by atoms with Crippen LogP contribution in [0.5, 0.6) is 0 Å². The Morgan fingerprint density at radius 1 is 1.43 bits per heavy atom. The molecule has 2 heterocycles. The smallest absolute Gasteiger partial charge is 0.220 e. The maximum atomic E-state index is 11.5. The van der Waals surface area contributed by atoms with Gasteiger partial charge in [0.1, 0.15) is 0 Å². The third kappa shape index (κ3) is 4.97. The number of likely N-dealkylation sites (tertiary alicyclic amines) is 1. The largest absolute Gasteiger partial charge is 0.359 e. The lowest BCUT2D eigenvalue weighted by Crippen LogP contribution is -2.46. The third-order valence-electron chi connectivity index (χ3n) is 4.32.